The first-order valence-electron chi connectivity index (χ1n) is 6.11. The monoisotopic (exact) mass is 256 g/mol. The van der Waals surface area contributed by atoms with Crippen LogP contribution in [0.25, 0.3) is 0 Å². The fourth-order valence-corrected chi connectivity index (χ4v) is 1.63. The van der Waals surface area contributed by atoms with Crippen LogP contribution in [-0.2, 0) is 11.2 Å². The predicted octanol–water partition coefficient (Wildman–Crippen LogP) is 2.09. The van der Waals surface area contributed by atoms with Gasteiger partial charge in [0.15, 0.2) is 0 Å². The van der Waals surface area contributed by atoms with Crippen LogP contribution < -0.4 is 10.6 Å². The number of anilines is 2. The van der Waals surface area contributed by atoms with Crippen molar-refractivity contribution in [1.82, 2.24) is 9.97 Å². The molecule has 0 saturated carbocycles. The standard InChI is InChI=1S/C14H16N4O/c1-15-13-7-5-12(10-17-13)18-14(19)8-6-11-4-2-3-9-16-11/h2-5,7,9-10H,6,8H2,1H3,(H,15,17)(H,18,19). The molecule has 0 fully saturated rings. The SMILES string of the molecule is CNc1ccc(NC(=O)CCc2ccccn2)cn1. The molecule has 19 heavy (non-hydrogen) atoms. The second kappa shape index (κ2) is 6.49. The number of nitrogens with zero attached hydrogens (tertiary/aromatic N) is 2. The van der Waals surface area contributed by atoms with Crippen LogP contribution in [0.15, 0.2) is 42.7 Å². The van der Waals surface area contributed by atoms with Crippen molar-refractivity contribution < 1.29 is 4.79 Å². The van der Waals surface area contributed by atoms with E-state index < -0.39 is 0 Å². The molecule has 2 aromatic heterocycles. The minimum absolute atomic E-state index is 0.0374. The lowest BCUT2D eigenvalue weighted by Gasteiger charge is -2.05. The Labute approximate surface area is 112 Å². The van der Waals surface area contributed by atoms with Gasteiger partial charge in [0.2, 0.25) is 5.91 Å². The minimum atomic E-state index is -0.0374. The molecule has 0 saturated heterocycles. The highest BCUT2D eigenvalue weighted by atomic mass is 16.1. The first-order chi connectivity index (χ1) is 9.28. The zero-order chi connectivity index (χ0) is 13.5. The number of hydrogen-bond acceptors (Lipinski definition) is 4. The Hall–Kier alpha value is -2.43. The molecule has 5 nitrogen and oxygen atoms in total. The van der Waals surface area contributed by atoms with Gasteiger partial charge in [0.05, 0.1) is 11.9 Å². The Kier molecular flexibility index (Phi) is 4.44. The summed E-state index contributed by atoms with van der Waals surface area (Å²) >= 11 is 0. The smallest absolute Gasteiger partial charge is 0.224 e. The van der Waals surface area contributed by atoms with E-state index in [1.54, 1.807) is 19.4 Å². The van der Waals surface area contributed by atoms with Crippen molar-refractivity contribution in [2.75, 3.05) is 17.7 Å². The van der Waals surface area contributed by atoms with Gasteiger partial charge in [-0.3, -0.25) is 9.78 Å². The molecule has 0 atom stereocenters. The number of nitrogens with one attached hydrogen (secondary N) is 2. The molecule has 0 spiro atoms. The minimum Gasteiger partial charge on any atom is -0.373 e. The van der Waals surface area contributed by atoms with Gasteiger partial charge in [-0.1, -0.05) is 6.07 Å². The Morgan fingerprint density at radius 2 is 2.11 bits per heavy atom. The van der Waals surface area contributed by atoms with Gasteiger partial charge in [-0.2, -0.15) is 0 Å². The van der Waals surface area contributed by atoms with Crippen LogP contribution in [0.5, 0.6) is 0 Å². The summed E-state index contributed by atoms with van der Waals surface area (Å²) in [6.07, 6.45) is 4.40. The van der Waals surface area contributed by atoms with Gasteiger partial charge in [0, 0.05) is 25.4 Å². The van der Waals surface area contributed by atoms with Crippen LogP contribution in [0.3, 0.4) is 0 Å². The number of aromatic nitrogens is 2. The number of rotatable bonds is 5. The Morgan fingerprint density at radius 1 is 1.21 bits per heavy atom. The number of hydrogen-bond donors (Lipinski definition) is 2. The topological polar surface area (TPSA) is 66.9 Å². The van der Waals surface area contributed by atoms with E-state index in [9.17, 15) is 4.79 Å². The van der Waals surface area contributed by atoms with E-state index in [1.165, 1.54) is 0 Å². The van der Waals surface area contributed by atoms with Crippen molar-refractivity contribution in [3.8, 4) is 0 Å². The Bertz CT molecular complexity index is 525. The summed E-state index contributed by atoms with van der Waals surface area (Å²) in [5, 5.41) is 5.73. The van der Waals surface area contributed by atoms with Gasteiger partial charge in [0.1, 0.15) is 5.82 Å². The van der Waals surface area contributed by atoms with Crippen LogP contribution >= 0.6 is 0 Å². The van der Waals surface area contributed by atoms with Crippen molar-refractivity contribution in [3.63, 3.8) is 0 Å². The number of pyridine rings is 2. The van der Waals surface area contributed by atoms with Crippen molar-refractivity contribution in [1.29, 1.82) is 0 Å². The lowest BCUT2D eigenvalue weighted by atomic mass is 10.2. The lowest BCUT2D eigenvalue weighted by Crippen LogP contribution is -2.12. The molecule has 2 heterocycles. The predicted molar refractivity (Wildman–Crippen MR) is 75.0 cm³/mol. The van der Waals surface area contributed by atoms with E-state index in [0.717, 1.165) is 11.5 Å². The van der Waals surface area contributed by atoms with Crippen molar-refractivity contribution in [2.45, 2.75) is 12.8 Å². The fraction of sp³-hybridized carbons (Fsp3) is 0.214. The molecule has 0 aliphatic rings. The highest BCUT2D eigenvalue weighted by Crippen LogP contribution is 2.09. The summed E-state index contributed by atoms with van der Waals surface area (Å²) in [6, 6.07) is 9.32. The highest BCUT2D eigenvalue weighted by molar-refractivity contribution is 5.90. The summed E-state index contributed by atoms with van der Waals surface area (Å²) in [7, 11) is 1.80. The molecule has 0 unspecified atom stereocenters. The first kappa shape index (κ1) is 13.0. The zero-order valence-electron chi connectivity index (χ0n) is 10.8. The maximum atomic E-state index is 11.8. The van der Waals surface area contributed by atoms with Crippen LogP contribution in [0, 0.1) is 0 Å². The number of aryl methyl sites for hydroxylation is 1. The number of amides is 1. The average Bonchev–Trinajstić information content (AvgIpc) is 2.47. The molecule has 5 heteroatoms. The quantitative estimate of drug-likeness (QED) is 0.859. The molecule has 0 aliphatic carbocycles. The fourth-order valence-electron chi connectivity index (χ4n) is 1.63. The molecule has 0 radical (unpaired) electrons. The third kappa shape index (κ3) is 4.06. The molecule has 2 aromatic rings. The third-order valence-corrected chi connectivity index (χ3v) is 2.64. The summed E-state index contributed by atoms with van der Waals surface area (Å²) in [4.78, 5) is 20.1. The molecule has 0 aromatic carbocycles. The molecule has 2 N–H and O–H groups in total. The lowest BCUT2D eigenvalue weighted by molar-refractivity contribution is -0.116. The van der Waals surface area contributed by atoms with Gasteiger partial charge < -0.3 is 10.6 Å². The normalized spacial score (nSPS) is 9.95. The van der Waals surface area contributed by atoms with Crippen LogP contribution in [0.2, 0.25) is 0 Å². The molecule has 0 aliphatic heterocycles. The Balaban J connectivity index is 1.83. The summed E-state index contributed by atoms with van der Waals surface area (Å²) in [5.41, 5.74) is 1.62. The molecule has 1 amide bonds. The van der Waals surface area contributed by atoms with Crippen LogP contribution in [-0.4, -0.2) is 22.9 Å². The second-order valence-corrected chi connectivity index (χ2v) is 4.05. The van der Waals surface area contributed by atoms with Gasteiger partial charge in [0.25, 0.3) is 0 Å². The maximum Gasteiger partial charge on any atom is 0.224 e. The summed E-state index contributed by atoms with van der Waals surface area (Å²) in [5.74, 6) is 0.733. The van der Waals surface area contributed by atoms with Gasteiger partial charge in [-0.15, -0.1) is 0 Å². The van der Waals surface area contributed by atoms with Crippen LogP contribution in [0.4, 0.5) is 11.5 Å². The maximum absolute atomic E-state index is 11.8. The van der Waals surface area contributed by atoms with E-state index in [1.807, 2.05) is 30.3 Å². The molecular weight excluding hydrogens is 240 g/mol. The van der Waals surface area contributed by atoms with Gasteiger partial charge in [-0.25, -0.2) is 4.98 Å². The van der Waals surface area contributed by atoms with E-state index in [2.05, 4.69) is 20.6 Å². The zero-order valence-corrected chi connectivity index (χ0v) is 10.8. The average molecular weight is 256 g/mol. The summed E-state index contributed by atoms with van der Waals surface area (Å²) in [6.45, 7) is 0. The first-order valence-corrected chi connectivity index (χ1v) is 6.11. The molecule has 0 bridgehead atoms. The second-order valence-electron chi connectivity index (χ2n) is 4.05. The van der Waals surface area contributed by atoms with Crippen molar-refractivity contribution in [3.05, 3.63) is 48.4 Å². The van der Waals surface area contributed by atoms with E-state index >= 15 is 0 Å². The Morgan fingerprint density at radius 3 is 2.74 bits per heavy atom. The van der Waals surface area contributed by atoms with E-state index in [0.29, 0.717) is 18.5 Å². The third-order valence-electron chi connectivity index (χ3n) is 2.64. The van der Waals surface area contributed by atoms with E-state index in [4.69, 9.17) is 0 Å². The highest BCUT2D eigenvalue weighted by Gasteiger charge is 2.04. The molecular formula is C14H16N4O. The van der Waals surface area contributed by atoms with E-state index in [-0.39, 0.29) is 5.91 Å². The number of carbonyl (C=O) groups is 1. The van der Waals surface area contributed by atoms with Gasteiger partial charge >= 0.3 is 0 Å². The number of carbonyl (C=O) groups excluding carboxylic acids is 1. The van der Waals surface area contributed by atoms with Gasteiger partial charge in [-0.05, 0) is 30.7 Å². The van der Waals surface area contributed by atoms with Crippen molar-refractivity contribution >= 4 is 17.4 Å². The largest absolute Gasteiger partial charge is 0.373 e. The van der Waals surface area contributed by atoms with Crippen molar-refractivity contribution in [2.24, 2.45) is 0 Å². The van der Waals surface area contributed by atoms with Crippen LogP contribution in [0.1, 0.15) is 12.1 Å². The molecule has 2 rings (SSSR count). The summed E-state index contributed by atoms with van der Waals surface area (Å²) < 4.78 is 0. The molecule has 98 valence electrons.